The van der Waals surface area contributed by atoms with E-state index in [4.69, 9.17) is 0 Å². The van der Waals surface area contributed by atoms with E-state index in [1.54, 1.807) is 6.92 Å². The molecule has 0 unspecified atom stereocenters. The van der Waals surface area contributed by atoms with Crippen molar-refractivity contribution in [1.82, 2.24) is 0 Å². The van der Waals surface area contributed by atoms with Gasteiger partial charge in [0, 0.05) is 5.56 Å². The molecule has 0 aromatic heterocycles. The van der Waals surface area contributed by atoms with Crippen molar-refractivity contribution in [1.29, 1.82) is 0 Å². The smallest absolute Gasteiger partial charge is 0.258 e. The molecule has 1 aromatic rings. The molecule has 0 saturated carbocycles. The van der Waals surface area contributed by atoms with Crippen LogP contribution in [0.5, 0.6) is 0 Å². The Bertz CT molecular complexity index is 354. The monoisotopic (exact) mass is 181 g/mol. The fraction of sp³-hybridized carbons (Fsp3) is 0.250. The van der Waals surface area contributed by atoms with Crippen molar-refractivity contribution in [2.24, 2.45) is 0 Å². The third-order valence-electron chi connectivity index (χ3n) is 2.03. The minimum Gasteiger partial charge on any atom is -0.258 e. The molecule has 0 aliphatic rings. The predicted molar refractivity (Wildman–Crippen MR) is 50.4 cm³/mol. The third-order valence-corrected chi connectivity index (χ3v) is 2.03. The molecule has 68 valence electrons. The van der Waals surface area contributed by atoms with Gasteiger partial charge in [0.05, 0.1) is 11.0 Å². The zero-order valence-corrected chi connectivity index (χ0v) is 7.50. The second kappa shape index (κ2) is 3.55. The Morgan fingerprint density at radius 3 is 2.62 bits per heavy atom. The number of benzene rings is 1. The summed E-state index contributed by atoms with van der Waals surface area (Å²) in [5.74, 6) is -0.547. The van der Waals surface area contributed by atoms with Gasteiger partial charge in [0.2, 0.25) is 0 Å². The Kier molecular flexibility index (Phi) is 2.65. The minimum absolute atomic E-state index is 0.142. The number of rotatable bonds is 2. The van der Waals surface area contributed by atoms with Crippen LogP contribution in [-0.4, -0.2) is 12.2 Å². The van der Waals surface area contributed by atoms with Crippen LogP contribution in [0.15, 0.2) is 12.1 Å². The van der Waals surface area contributed by atoms with Gasteiger partial charge in [-0.1, -0.05) is 12.3 Å². The molecule has 0 heterocycles. The van der Waals surface area contributed by atoms with Gasteiger partial charge in [-0.05, 0) is 13.0 Å². The number of nitro benzene ring substituents is 1. The first-order valence-electron chi connectivity index (χ1n) is 3.99. The van der Waals surface area contributed by atoms with Gasteiger partial charge in [-0.2, -0.15) is 0 Å². The van der Waals surface area contributed by atoms with Crippen molar-refractivity contribution < 1.29 is 9.31 Å². The van der Waals surface area contributed by atoms with Gasteiger partial charge in [0.25, 0.3) is 5.69 Å². The summed E-state index contributed by atoms with van der Waals surface area (Å²) >= 11 is 0. The van der Waals surface area contributed by atoms with E-state index in [-0.39, 0.29) is 5.69 Å². The normalized spacial score (nSPS) is 9.77. The van der Waals surface area contributed by atoms with Crippen molar-refractivity contribution in [2.75, 3.05) is 0 Å². The van der Waals surface area contributed by atoms with Crippen molar-refractivity contribution in [3.05, 3.63) is 33.6 Å². The van der Waals surface area contributed by atoms with Crippen molar-refractivity contribution >= 4 is 18.4 Å². The largest absolute Gasteiger partial charge is 0.274 e. The maximum Gasteiger partial charge on any atom is 0.274 e. The molecule has 0 atom stereocenters. The van der Waals surface area contributed by atoms with Gasteiger partial charge in [-0.3, -0.25) is 10.1 Å². The van der Waals surface area contributed by atoms with Crippen LogP contribution < -0.4 is 5.46 Å². The summed E-state index contributed by atoms with van der Waals surface area (Å²) in [7, 11) is 0.602. The van der Waals surface area contributed by atoms with Gasteiger partial charge < -0.3 is 0 Å². The van der Waals surface area contributed by atoms with Crippen LogP contribution in [-0.2, 0) is 0 Å². The molecular weight excluding hydrogens is 172 g/mol. The lowest BCUT2D eigenvalue weighted by atomic mass is 9.71. The quantitative estimate of drug-likeness (QED) is 0.390. The van der Waals surface area contributed by atoms with Crippen LogP contribution in [0.4, 0.5) is 10.1 Å². The average molecular weight is 181 g/mol. The van der Waals surface area contributed by atoms with Gasteiger partial charge >= 0.3 is 0 Å². The molecule has 0 amide bonds. The molecule has 0 bridgehead atoms. The standard InChI is InChI=1S/C8H9BFNO2/c1-5-7(9-2)3-6(10)4-8(5)11(12)13/h3-4,9H,1-2H3. The maximum absolute atomic E-state index is 12.9. The summed E-state index contributed by atoms with van der Waals surface area (Å²) in [6.45, 7) is 3.47. The van der Waals surface area contributed by atoms with E-state index in [9.17, 15) is 14.5 Å². The molecule has 0 radical (unpaired) electrons. The minimum atomic E-state index is -0.558. The van der Waals surface area contributed by atoms with E-state index in [0.717, 1.165) is 6.07 Å². The van der Waals surface area contributed by atoms with Crippen LogP contribution in [0.1, 0.15) is 5.56 Å². The first kappa shape index (κ1) is 9.70. The van der Waals surface area contributed by atoms with Crippen LogP contribution in [0.25, 0.3) is 0 Å². The summed E-state index contributed by atoms with van der Waals surface area (Å²) < 4.78 is 12.9. The third kappa shape index (κ3) is 1.85. The van der Waals surface area contributed by atoms with E-state index in [2.05, 4.69) is 0 Å². The molecule has 0 saturated heterocycles. The van der Waals surface area contributed by atoms with E-state index in [0.29, 0.717) is 18.3 Å². The van der Waals surface area contributed by atoms with E-state index in [1.165, 1.54) is 6.07 Å². The van der Waals surface area contributed by atoms with Crippen LogP contribution >= 0.6 is 0 Å². The molecule has 0 aliphatic carbocycles. The average Bonchev–Trinajstić information content (AvgIpc) is 2.08. The van der Waals surface area contributed by atoms with Gasteiger partial charge in [0.1, 0.15) is 5.82 Å². The van der Waals surface area contributed by atoms with Gasteiger partial charge in [-0.15, -0.1) is 0 Å². The fourth-order valence-corrected chi connectivity index (χ4v) is 1.28. The maximum atomic E-state index is 12.9. The first-order chi connectivity index (χ1) is 6.06. The Morgan fingerprint density at radius 2 is 2.15 bits per heavy atom. The van der Waals surface area contributed by atoms with E-state index in [1.807, 2.05) is 6.82 Å². The van der Waals surface area contributed by atoms with Gasteiger partial charge in [-0.25, -0.2) is 4.39 Å². The molecule has 5 heteroatoms. The summed E-state index contributed by atoms with van der Waals surface area (Å²) in [5.41, 5.74) is 1.09. The Balaban J connectivity index is 3.35. The summed E-state index contributed by atoms with van der Waals surface area (Å²) in [6.07, 6.45) is 0. The van der Waals surface area contributed by atoms with Crippen molar-refractivity contribution in [3.63, 3.8) is 0 Å². The molecular formula is C8H9BFNO2. The van der Waals surface area contributed by atoms with Crippen LogP contribution in [0.3, 0.4) is 0 Å². The molecule has 0 N–H and O–H groups in total. The Labute approximate surface area is 76.0 Å². The molecule has 1 aromatic carbocycles. The lowest BCUT2D eigenvalue weighted by Gasteiger charge is -2.02. The second-order valence-corrected chi connectivity index (χ2v) is 2.82. The van der Waals surface area contributed by atoms with Crippen LogP contribution in [0, 0.1) is 22.9 Å². The van der Waals surface area contributed by atoms with E-state index < -0.39 is 10.7 Å². The summed E-state index contributed by atoms with van der Waals surface area (Å²) in [5, 5.41) is 10.5. The van der Waals surface area contributed by atoms with E-state index >= 15 is 0 Å². The molecule has 13 heavy (non-hydrogen) atoms. The molecule has 0 spiro atoms. The Hall–Kier alpha value is -1.39. The van der Waals surface area contributed by atoms with Crippen molar-refractivity contribution in [3.8, 4) is 0 Å². The molecule has 3 nitrogen and oxygen atoms in total. The second-order valence-electron chi connectivity index (χ2n) is 2.82. The zero-order chi connectivity index (χ0) is 10.0. The first-order valence-corrected chi connectivity index (χ1v) is 3.99. The number of halogens is 1. The highest BCUT2D eigenvalue weighted by Crippen LogP contribution is 2.16. The lowest BCUT2D eigenvalue weighted by molar-refractivity contribution is -0.385. The number of nitrogens with zero attached hydrogens (tertiary/aromatic N) is 1. The lowest BCUT2D eigenvalue weighted by Crippen LogP contribution is -2.16. The fourth-order valence-electron chi connectivity index (χ4n) is 1.28. The number of hydrogen-bond acceptors (Lipinski definition) is 2. The molecule has 0 fully saturated rings. The highest BCUT2D eigenvalue weighted by Gasteiger charge is 2.14. The topological polar surface area (TPSA) is 43.1 Å². The summed E-state index contributed by atoms with van der Waals surface area (Å²) in [6, 6.07) is 2.29. The highest BCUT2D eigenvalue weighted by molar-refractivity contribution is 6.52. The SMILES string of the molecule is CBc1cc(F)cc([N+](=O)[O-])c1C. The van der Waals surface area contributed by atoms with Crippen molar-refractivity contribution in [2.45, 2.75) is 13.7 Å². The predicted octanol–water partition coefficient (Wildman–Crippen LogP) is 1.15. The zero-order valence-electron chi connectivity index (χ0n) is 7.50. The van der Waals surface area contributed by atoms with Crippen LogP contribution in [0.2, 0.25) is 6.82 Å². The summed E-state index contributed by atoms with van der Waals surface area (Å²) in [4.78, 5) is 9.92. The number of nitro groups is 1. The molecule has 1 rings (SSSR count). The molecule has 0 aliphatic heterocycles. The van der Waals surface area contributed by atoms with Gasteiger partial charge in [0.15, 0.2) is 7.28 Å². The number of hydrogen-bond donors (Lipinski definition) is 0. The highest BCUT2D eigenvalue weighted by atomic mass is 19.1. The Morgan fingerprint density at radius 1 is 1.54 bits per heavy atom.